The molecule has 0 aliphatic heterocycles. The summed E-state index contributed by atoms with van der Waals surface area (Å²) in [6, 6.07) is 0. The van der Waals surface area contributed by atoms with Crippen molar-refractivity contribution in [3.63, 3.8) is 0 Å². The summed E-state index contributed by atoms with van der Waals surface area (Å²) in [5.41, 5.74) is 0.296. The Balaban J connectivity index is 0.877. The molecule has 4 nitrogen and oxygen atoms in total. The minimum absolute atomic E-state index is 0.125. The maximum Gasteiger partial charge on any atom is 0.312 e. The minimum atomic E-state index is -0.190. The van der Waals surface area contributed by atoms with Gasteiger partial charge >= 0.3 is 11.9 Å². The maximum absolute atomic E-state index is 13.5. The van der Waals surface area contributed by atoms with Gasteiger partial charge in [0.1, 0.15) is 0 Å². The summed E-state index contributed by atoms with van der Waals surface area (Å²) in [7, 11) is 0. The zero-order valence-corrected chi connectivity index (χ0v) is 24.6. The number of hydrogen-bond acceptors (Lipinski definition) is 4. The van der Waals surface area contributed by atoms with Crippen LogP contribution in [0.2, 0.25) is 0 Å². The second-order valence-corrected chi connectivity index (χ2v) is 16.8. The van der Waals surface area contributed by atoms with Crippen LogP contribution in [-0.2, 0) is 19.1 Å². The van der Waals surface area contributed by atoms with E-state index in [9.17, 15) is 9.59 Å². The van der Waals surface area contributed by atoms with E-state index in [1.54, 1.807) is 0 Å². The van der Waals surface area contributed by atoms with Crippen molar-refractivity contribution >= 4 is 11.9 Å². The number of carbonyl (C=O) groups excluding carboxylic acids is 2. The normalized spacial score (nSPS) is 54.2. The van der Waals surface area contributed by atoms with E-state index in [1.807, 2.05) is 0 Å². The summed E-state index contributed by atoms with van der Waals surface area (Å²) in [6.45, 7) is 10.9. The van der Waals surface area contributed by atoms with Crippen molar-refractivity contribution in [3.05, 3.63) is 0 Å². The molecule has 0 saturated heterocycles. The molecule has 0 heterocycles. The number of rotatable bonds is 6. The van der Waals surface area contributed by atoms with Gasteiger partial charge in [0.25, 0.3) is 0 Å². The average molecular weight is 525 g/mol. The Kier molecular flexibility index (Phi) is 5.94. The summed E-state index contributed by atoms with van der Waals surface area (Å²) >= 11 is 0. The lowest BCUT2D eigenvalue weighted by Crippen LogP contribution is -2.58. The van der Waals surface area contributed by atoms with E-state index in [2.05, 4.69) is 27.7 Å². The highest BCUT2D eigenvalue weighted by atomic mass is 16.5. The molecule has 9 saturated carbocycles. The fourth-order valence-electron chi connectivity index (χ4n) is 12.4. The van der Waals surface area contributed by atoms with Gasteiger partial charge < -0.3 is 9.47 Å². The zero-order valence-electron chi connectivity index (χ0n) is 24.6. The maximum atomic E-state index is 13.5. The molecule has 9 rings (SSSR count). The molecule has 212 valence electrons. The number of hydrogen-bond donors (Lipinski definition) is 0. The van der Waals surface area contributed by atoms with E-state index in [-0.39, 0.29) is 22.8 Å². The average Bonchev–Trinajstić information content (AvgIpc) is 2.87. The fourth-order valence-corrected chi connectivity index (χ4v) is 12.4. The molecule has 0 aromatic rings. The molecule has 9 aliphatic carbocycles. The van der Waals surface area contributed by atoms with Crippen molar-refractivity contribution in [2.24, 2.45) is 69.0 Å². The Labute approximate surface area is 230 Å². The van der Waals surface area contributed by atoms with E-state index in [1.165, 1.54) is 25.7 Å². The molecule has 0 amide bonds. The first-order chi connectivity index (χ1) is 18.0. The molecule has 10 atom stereocenters. The topological polar surface area (TPSA) is 52.6 Å². The van der Waals surface area contributed by atoms with Gasteiger partial charge in [-0.05, 0) is 148 Å². The standard InChI is InChI=1S/C34H52O4/c1-21-27-9-25-11-31(21,3)19-33(13-25,15-27)29(35)37-17-23-5-7-24(8-6-23)18-38-30(36)34-14-26-10-28(16-34)22(2)32(4,12-26)20-34/h21-28H,5-20H2,1-4H3. The van der Waals surface area contributed by atoms with Crippen molar-refractivity contribution < 1.29 is 19.1 Å². The van der Waals surface area contributed by atoms with Crippen LogP contribution < -0.4 is 0 Å². The first-order valence-electron chi connectivity index (χ1n) is 16.4. The summed E-state index contributed by atoms with van der Waals surface area (Å²) in [5, 5.41) is 0. The van der Waals surface area contributed by atoms with Gasteiger partial charge in [0, 0.05) is 0 Å². The molecule has 0 aromatic heterocycles. The third-order valence-electron chi connectivity index (χ3n) is 14.3. The Morgan fingerprint density at radius 3 is 1.39 bits per heavy atom. The molecule has 0 N–H and O–H groups in total. The van der Waals surface area contributed by atoms with Gasteiger partial charge in [-0.2, -0.15) is 0 Å². The first kappa shape index (κ1) is 25.9. The largest absolute Gasteiger partial charge is 0.465 e. The molecule has 4 heteroatoms. The van der Waals surface area contributed by atoms with Crippen LogP contribution in [0.25, 0.3) is 0 Å². The molecular formula is C34H52O4. The van der Waals surface area contributed by atoms with Crippen molar-refractivity contribution in [2.75, 3.05) is 13.2 Å². The number of esters is 2. The second kappa shape index (κ2) is 8.72. The van der Waals surface area contributed by atoms with E-state index < -0.39 is 0 Å². The lowest BCUT2D eigenvalue weighted by molar-refractivity contribution is -0.191. The van der Waals surface area contributed by atoms with Crippen molar-refractivity contribution in [1.29, 1.82) is 0 Å². The van der Waals surface area contributed by atoms with Crippen LogP contribution in [0.4, 0.5) is 0 Å². The highest BCUT2D eigenvalue weighted by Gasteiger charge is 2.63. The van der Waals surface area contributed by atoms with Crippen LogP contribution in [0.3, 0.4) is 0 Å². The molecule has 0 spiro atoms. The van der Waals surface area contributed by atoms with Crippen LogP contribution in [0.1, 0.15) is 118 Å². The van der Waals surface area contributed by atoms with Crippen LogP contribution in [0, 0.1) is 69.0 Å². The zero-order chi connectivity index (χ0) is 26.5. The predicted octanol–water partition coefficient (Wildman–Crippen LogP) is 7.58. The van der Waals surface area contributed by atoms with Gasteiger partial charge in [-0.25, -0.2) is 0 Å². The summed E-state index contributed by atoms with van der Waals surface area (Å²) in [6.07, 6.45) is 16.0. The van der Waals surface area contributed by atoms with Crippen molar-refractivity contribution in [3.8, 4) is 0 Å². The van der Waals surface area contributed by atoms with Crippen LogP contribution in [-0.4, -0.2) is 25.2 Å². The van der Waals surface area contributed by atoms with Crippen LogP contribution >= 0.6 is 0 Å². The Bertz CT molecular complexity index is 905. The molecule has 0 radical (unpaired) electrons. The van der Waals surface area contributed by atoms with Crippen molar-refractivity contribution in [1.82, 2.24) is 0 Å². The lowest BCUT2D eigenvalue weighted by atomic mass is 9.41. The van der Waals surface area contributed by atoms with Crippen molar-refractivity contribution in [2.45, 2.75) is 118 Å². The quantitative estimate of drug-likeness (QED) is 0.336. The molecular weight excluding hydrogens is 472 g/mol. The summed E-state index contributed by atoms with van der Waals surface area (Å²) in [4.78, 5) is 26.9. The molecule has 8 bridgehead atoms. The monoisotopic (exact) mass is 524 g/mol. The third kappa shape index (κ3) is 3.95. The minimum Gasteiger partial charge on any atom is -0.465 e. The molecule has 9 aliphatic rings. The lowest BCUT2D eigenvalue weighted by Gasteiger charge is -2.63. The van der Waals surface area contributed by atoms with Gasteiger partial charge in [-0.1, -0.05) is 27.7 Å². The van der Waals surface area contributed by atoms with E-state index in [0.717, 1.165) is 99.7 Å². The van der Waals surface area contributed by atoms with E-state index >= 15 is 0 Å². The molecule has 9 fully saturated rings. The third-order valence-corrected chi connectivity index (χ3v) is 14.3. The fraction of sp³-hybridized carbons (Fsp3) is 0.941. The predicted molar refractivity (Wildman–Crippen MR) is 147 cm³/mol. The highest BCUT2D eigenvalue weighted by molar-refractivity contribution is 5.78. The molecule has 38 heavy (non-hydrogen) atoms. The number of carbonyl (C=O) groups is 2. The highest BCUT2D eigenvalue weighted by Crippen LogP contribution is 2.69. The molecule has 0 aromatic carbocycles. The van der Waals surface area contributed by atoms with Gasteiger partial charge in [-0.15, -0.1) is 0 Å². The first-order valence-corrected chi connectivity index (χ1v) is 16.4. The van der Waals surface area contributed by atoms with Gasteiger partial charge in [-0.3, -0.25) is 9.59 Å². The Morgan fingerprint density at radius 1 is 0.632 bits per heavy atom. The van der Waals surface area contributed by atoms with E-state index in [0.29, 0.717) is 35.9 Å². The SMILES string of the molecule is CC1C2CC3CC(C(=O)OCC4CCC(COC(=O)C56CC7CC(C5)C(C)C(C)(C7)C6)CC4)(C2)CC1(C)C3. The summed E-state index contributed by atoms with van der Waals surface area (Å²) < 4.78 is 12.2. The summed E-state index contributed by atoms with van der Waals surface area (Å²) in [5.74, 6) is 5.60. The smallest absolute Gasteiger partial charge is 0.312 e. The molecule has 10 unspecified atom stereocenters. The number of ether oxygens (including phenoxy) is 2. The van der Waals surface area contributed by atoms with Gasteiger partial charge in [0.05, 0.1) is 24.0 Å². The van der Waals surface area contributed by atoms with Crippen LogP contribution in [0.5, 0.6) is 0 Å². The van der Waals surface area contributed by atoms with Gasteiger partial charge in [0.2, 0.25) is 0 Å². The second-order valence-electron chi connectivity index (χ2n) is 16.8. The van der Waals surface area contributed by atoms with Gasteiger partial charge in [0.15, 0.2) is 0 Å². The Morgan fingerprint density at radius 2 is 1.03 bits per heavy atom. The van der Waals surface area contributed by atoms with Crippen LogP contribution in [0.15, 0.2) is 0 Å². The van der Waals surface area contributed by atoms with E-state index in [4.69, 9.17) is 9.47 Å². The Hall–Kier alpha value is -1.06.